The van der Waals surface area contributed by atoms with Crippen LogP contribution in [0, 0.1) is 23.2 Å². The second-order valence-electron chi connectivity index (χ2n) is 10.3. The highest BCUT2D eigenvalue weighted by Gasteiger charge is 2.57. The van der Waals surface area contributed by atoms with Gasteiger partial charge < -0.3 is 10.4 Å². The first kappa shape index (κ1) is 21.9. The molecule has 3 rings (SSSR count). The molecule has 6 atom stereocenters. The highest BCUT2D eigenvalue weighted by atomic mass is 19.4. The van der Waals surface area contributed by atoms with Gasteiger partial charge in [-0.2, -0.15) is 13.2 Å². The van der Waals surface area contributed by atoms with Crippen LogP contribution >= 0.6 is 0 Å². The normalized spacial score (nSPS) is 36.3. The highest BCUT2D eigenvalue weighted by Crippen LogP contribution is 2.51. The highest BCUT2D eigenvalue weighted by molar-refractivity contribution is 5.18. The van der Waals surface area contributed by atoms with Gasteiger partial charge in [-0.05, 0) is 61.7 Å². The molecule has 0 radical (unpaired) electrons. The Labute approximate surface area is 166 Å². The summed E-state index contributed by atoms with van der Waals surface area (Å²) >= 11 is 0. The van der Waals surface area contributed by atoms with Crippen LogP contribution in [0.1, 0.15) is 78.6 Å². The zero-order valence-corrected chi connectivity index (χ0v) is 17.3. The van der Waals surface area contributed by atoms with Gasteiger partial charge in [0.15, 0.2) is 5.60 Å². The summed E-state index contributed by atoms with van der Waals surface area (Å²) in [6.07, 6.45) is 1.01. The maximum absolute atomic E-state index is 14.0. The van der Waals surface area contributed by atoms with E-state index in [-0.39, 0.29) is 30.2 Å². The van der Waals surface area contributed by atoms with E-state index in [1.54, 1.807) is 13.8 Å². The summed E-state index contributed by atoms with van der Waals surface area (Å²) in [6.45, 7) is 5.52. The van der Waals surface area contributed by atoms with E-state index in [4.69, 9.17) is 0 Å². The maximum Gasteiger partial charge on any atom is 0.417 e. The topological polar surface area (TPSA) is 32.3 Å². The molecule has 1 aliphatic heterocycles. The monoisotopic (exact) mass is 405 g/mol. The number of hydrogen-bond donors (Lipinski definition) is 2. The predicted octanol–water partition coefficient (Wildman–Crippen LogP) is 5.91. The first-order chi connectivity index (χ1) is 12.9. The van der Waals surface area contributed by atoms with Crippen molar-refractivity contribution < 1.29 is 22.7 Å². The van der Waals surface area contributed by atoms with E-state index in [0.717, 1.165) is 25.7 Å². The molecule has 0 amide bonds. The molecular formula is C22H35F4NO. The van der Waals surface area contributed by atoms with Crippen LogP contribution in [0.4, 0.5) is 17.6 Å². The lowest BCUT2D eigenvalue weighted by molar-refractivity contribution is -0.272. The van der Waals surface area contributed by atoms with Crippen molar-refractivity contribution in [2.45, 2.75) is 103 Å². The standard InChI is InChI=1S/C22H35F4NO/c1-14-8-9-16(23)11-18(14)20(2,3)13-21(28,22(24,25)26)12-17-10-15-6-4-5-7-19(15)27-17/h10,14-16,18-19,27-28H,4-9,11-13H2,1-3H3. The summed E-state index contributed by atoms with van der Waals surface area (Å²) in [5, 5.41) is 14.1. The zero-order chi connectivity index (χ0) is 20.7. The summed E-state index contributed by atoms with van der Waals surface area (Å²) in [6, 6.07) is 0.208. The van der Waals surface area contributed by atoms with Crippen molar-refractivity contribution in [2.75, 3.05) is 0 Å². The number of alkyl halides is 4. The molecule has 0 aromatic carbocycles. The molecular weight excluding hydrogens is 370 g/mol. The Bertz CT molecular complexity index is 588. The van der Waals surface area contributed by atoms with Crippen LogP contribution in [0.5, 0.6) is 0 Å². The smallest absolute Gasteiger partial charge is 0.385 e. The number of nitrogens with one attached hydrogen (secondary N) is 1. The second kappa shape index (κ2) is 7.81. The van der Waals surface area contributed by atoms with Crippen molar-refractivity contribution in [1.29, 1.82) is 0 Å². The molecule has 0 bridgehead atoms. The quantitative estimate of drug-likeness (QED) is 0.558. The molecule has 3 aliphatic rings. The second-order valence-corrected chi connectivity index (χ2v) is 10.3. The zero-order valence-electron chi connectivity index (χ0n) is 17.3. The molecule has 2 aliphatic carbocycles. The summed E-state index contributed by atoms with van der Waals surface area (Å²) in [7, 11) is 0. The lowest BCUT2D eigenvalue weighted by Gasteiger charge is -2.46. The van der Waals surface area contributed by atoms with Gasteiger partial charge in [-0.15, -0.1) is 0 Å². The van der Waals surface area contributed by atoms with Gasteiger partial charge in [0, 0.05) is 18.2 Å². The Morgan fingerprint density at radius 3 is 2.43 bits per heavy atom. The first-order valence-corrected chi connectivity index (χ1v) is 10.8. The van der Waals surface area contributed by atoms with Crippen molar-refractivity contribution in [3.05, 3.63) is 11.8 Å². The number of fused-ring (bicyclic) bond motifs is 1. The molecule has 0 spiro atoms. The fourth-order valence-electron chi connectivity index (χ4n) is 6.02. The van der Waals surface area contributed by atoms with E-state index in [0.29, 0.717) is 18.5 Å². The minimum atomic E-state index is -4.73. The molecule has 2 saturated carbocycles. The fourth-order valence-corrected chi connectivity index (χ4v) is 6.02. The third-order valence-electron chi connectivity index (χ3n) is 7.50. The lowest BCUT2D eigenvalue weighted by atomic mass is 9.61. The number of rotatable bonds is 5. The molecule has 162 valence electrons. The Hall–Kier alpha value is -0.780. The van der Waals surface area contributed by atoms with Crippen molar-refractivity contribution in [1.82, 2.24) is 5.32 Å². The van der Waals surface area contributed by atoms with Crippen LogP contribution in [-0.4, -0.2) is 29.1 Å². The molecule has 2 N–H and O–H groups in total. The van der Waals surface area contributed by atoms with Gasteiger partial charge in [0.2, 0.25) is 0 Å². The minimum absolute atomic E-state index is 0.158. The molecule has 0 saturated heterocycles. The average Bonchev–Trinajstić information content (AvgIpc) is 2.97. The SMILES string of the molecule is CC1CCC(F)CC1C(C)(C)CC(O)(CC1=CC2CCCCC2N1)C(F)(F)F. The largest absolute Gasteiger partial charge is 0.417 e. The Morgan fingerprint density at radius 1 is 1.11 bits per heavy atom. The summed E-state index contributed by atoms with van der Waals surface area (Å²) in [5.74, 6) is 0.268. The Kier molecular flexibility index (Phi) is 6.11. The van der Waals surface area contributed by atoms with Gasteiger partial charge in [-0.3, -0.25) is 0 Å². The number of hydrogen-bond acceptors (Lipinski definition) is 2. The van der Waals surface area contributed by atoms with Crippen molar-refractivity contribution >= 4 is 0 Å². The Balaban J connectivity index is 1.77. The van der Waals surface area contributed by atoms with E-state index in [2.05, 4.69) is 5.32 Å². The molecule has 6 unspecified atom stereocenters. The van der Waals surface area contributed by atoms with Crippen molar-refractivity contribution in [3.63, 3.8) is 0 Å². The molecule has 2 nitrogen and oxygen atoms in total. The van der Waals surface area contributed by atoms with Crippen LogP contribution in [0.25, 0.3) is 0 Å². The van der Waals surface area contributed by atoms with E-state index in [1.807, 2.05) is 13.0 Å². The van der Waals surface area contributed by atoms with E-state index in [1.165, 1.54) is 0 Å². The van der Waals surface area contributed by atoms with E-state index < -0.39 is 36.2 Å². The molecule has 28 heavy (non-hydrogen) atoms. The van der Waals surface area contributed by atoms with Gasteiger partial charge >= 0.3 is 6.18 Å². The predicted molar refractivity (Wildman–Crippen MR) is 102 cm³/mol. The third-order valence-corrected chi connectivity index (χ3v) is 7.50. The molecule has 2 fully saturated rings. The van der Waals surface area contributed by atoms with Crippen LogP contribution in [0.15, 0.2) is 11.8 Å². The van der Waals surface area contributed by atoms with E-state index in [9.17, 15) is 22.7 Å². The van der Waals surface area contributed by atoms with Gasteiger partial charge in [0.05, 0.1) is 0 Å². The molecule has 0 aromatic rings. The van der Waals surface area contributed by atoms with Gasteiger partial charge in [0.1, 0.15) is 6.17 Å². The van der Waals surface area contributed by atoms with Crippen molar-refractivity contribution in [3.8, 4) is 0 Å². The summed E-state index contributed by atoms with van der Waals surface area (Å²) in [4.78, 5) is 0. The van der Waals surface area contributed by atoms with Gasteiger partial charge in [-0.25, -0.2) is 4.39 Å². The fraction of sp³-hybridized carbons (Fsp3) is 0.909. The van der Waals surface area contributed by atoms with E-state index >= 15 is 0 Å². The number of halogens is 4. The molecule has 0 aromatic heterocycles. The van der Waals surface area contributed by atoms with Crippen LogP contribution in [0.2, 0.25) is 0 Å². The van der Waals surface area contributed by atoms with Crippen LogP contribution < -0.4 is 5.32 Å². The summed E-state index contributed by atoms with van der Waals surface area (Å²) in [5.41, 5.74) is -3.08. The average molecular weight is 406 g/mol. The van der Waals surface area contributed by atoms with Gasteiger partial charge in [0.25, 0.3) is 0 Å². The van der Waals surface area contributed by atoms with Crippen molar-refractivity contribution in [2.24, 2.45) is 23.2 Å². The summed E-state index contributed by atoms with van der Waals surface area (Å²) < 4.78 is 56.1. The lowest BCUT2D eigenvalue weighted by Crippen LogP contribution is -2.51. The van der Waals surface area contributed by atoms with Crippen LogP contribution in [0.3, 0.4) is 0 Å². The van der Waals surface area contributed by atoms with Gasteiger partial charge in [-0.1, -0.05) is 39.7 Å². The number of aliphatic hydroxyl groups is 1. The molecule has 1 heterocycles. The molecule has 6 heteroatoms. The Morgan fingerprint density at radius 2 is 1.79 bits per heavy atom. The first-order valence-electron chi connectivity index (χ1n) is 10.8. The minimum Gasteiger partial charge on any atom is -0.385 e. The third kappa shape index (κ3) is 4.52. The maximum atomic E-state index is 14.0. The van der Waals surface area contributed by atoms with Crippen LogP contribution in [-0.2, 0) is 0 Å².